The van der Waals surface area contributed by atoms with Crippen LogP contribution in [0, 0.1) is 5.92 Å². The Morgan fingerprint density at radius 3 is 2.65 bits per heavy atom. The predicted octanol–water partition coefficient (Wildman–Crippen LogP) is 3.97. The summed E-state index contributed by atoms with van der Waals surface area (Å²) in [7, 11) is 0. The molecule has 0 aliphatic heterocycles. The van der Waals surface area contributed by atoms with Gasteiger partial charge in [0, 0.05) is 17.3 Å². The van der Waals surface area contributed by atoms with Crippen LogP contribution >= 0.6 is 0 Å². The zero-order valence-electron chi connectivity index (χ0n) is 15.6. The van der Waals surface area contributed by atoms with Crippen LogP contribution in [-0.2, 0) is 22.4 Å². The van der Waals surface area contributed by atoms with Crippen LogP contribution in [0.4, 0.5) is 5.69 Å². The summed E-state index contributed by atoms with van der Waals surface area (Å²) >= 11 is 0. The van der Waals surface area contributed by atoms with Crippen molar-refractivity contribution in [1.29, 1.82) is 0 Å². The van der Waals surface area contributed by atoms with Crippen molar-refractivity contribution in [1.82, 2.24) is 5.43 Å². The summed E-state index contributed by atoms with van der Waals surface area (Å²) in [6.45, 7) is 1.78. The first-order chi connectivity index (χ1) is 12.6. The standard InChI is InChI=1S/C21H29N3O2/c1-15(23-24-21(26)17-9-3-2-4-10-17)14-20(25)22-19-13-7-11-16-8-5-6-12-18(16)19/h7,11,13,17H,2-6,8-10,12,14H2,1H3,(H,22,25)(H,24,26). The Bertz CT molecular complexity index is 690. The van der Waals surface area contributed by atoms with Gasteiger partial charge in [-0.1, -0.05) is 31.4 Å². The van der Waals surface area contributed by atoms with Gasteiger partial charge < -0.3 is 5.32 Å². The monoisotopic (exact) mass is 355 g/mol. The first-order valence-electron chi connectivity index (χ1n) is 9.87. The lowest BCUT2D eigenvalue weighted by atomic mass is 9.89. The quantitative estimate of drug-likeness (QED) is 0.620. The van der Waals surface area contributed by atoms with E-state index in [4.69, 9.17) is 0 Å². The zero-order valence-corrected chi connectivity index (χ0v) is 15.6. The fourth-order valence-corrected chi connectivity index (χ4v) is 3.97. The van der Waals surface area contributed by atoms with E-state index in [0.29, 0.717) is 5.71 Å². The molecule has 2 aliphatic rings. The maximum atomic E-state index is 12.4. The van der Waals surface area contributed by atoms with E-state index in [1.165, 1.54) is 30.4 Å². The second-order valence-electron chi connectivity index (χ2n) is 7.53. The summed E-state index contributed by atoms with van der Waals surface area (Å²) in [5.74, 6) is -0.0244. The molecule has 0 unspecified atom stereocenters. The van der Waals surface area contributed by atoms with Crippen LogP contribution in [-0.4, -0.2) is 17.5 Å². The number of benzene rings is 1. The highest BCUT2D eigenvalue weighted by molar-refractivity contribution is 6.06. The Morgan fingerprint density at radius 1 is 1.08 bits per heavy atom. The number of rotatable bonds is 5. The molecule has 2 amide bonds. The second-order valence-corrected chi connectivity index (χ2v) is 7.53. The summed E-state index contributed by atoms with van der Waals surface area (Å²) < 4.78 is 0. The first kappa shape index (κ1) is 18.6. The van der Waals surface area contributed by atoms with Gasteiger partial charge in [0.1, 0.15) is 0 Å². The number of hydrogen-bond donors (Lipinski definition) is 2. The van der Waals surface area contributed by atoms with Gasteiger partial charge in [0.2, 0.25) is 11.8 Å². The minimum Gasteiger partial charge on any atom is -0.325 e. The number of fused-ring (bicyclic) bond motifs is 1. The van der Waals surface area contributed by atoms with E-state index in [0.717, 1.165) is 44.2 Å². The molecule has 0 radical (unpaired) electrons. The Balaban J connectivity index is 1.52. The highest BCUT2D eigenvalue weighted by Crippen LogP contribution is 2.28. The number of hydrazone groups is 1. The minimum absolute atomic E-state index is 0.0124. The highest BCUT2D eigenvalue weighted by atomic mass is 16.2. The third-order valence-electron chi connectivity index (χ3n) is 5.42. The molecular formula is C21H29N3O2. The zero-order chi connectivity index (χ0) is 18.4. The lowest BCUT2D eigenvalue weighted by molar-refractivity contribution is -0.126. The smallest absolute Gasteiger partial charge is 0.243 e. The van der Waals surface area contributed by atoms with Crippen molar-refractivity contribution >= 4 is 23.2 Å². The Morgan fingerprint density at radius 2 is 1.85 bits per heavy atom. The van der Waals surface area contributed by atoms with Crippen LogP contribution in [0.25, 0.3) is 0 Å². The molecule has 1 aromatic rings. The van der Waals surface area contributed by atoms with Crippen molar-refractivity contribution in [3.05, 3.63) is 29.3 Å². The van der Waals surface area contributed by atoms with Gasteiger partial charge in [-0.3, -0.25) is 9.59 Å². The highest BCUT2D eigenvalue weighted by Gasteiger charge is 2.21. The van der Waals surface area contributed by atoms with Gasteiger partial charge in [-0.15, -0.1) is 0 Å². The van der Waals surface area contributed by atoms with E-state index >= 15 is 0 Å². The van der Waals surface area contributed by atoms with E-state index in [2.05, 4.69) is 21.9 Å². The largest absolute Gasteiger partial charge is 0.325 e. The molecule has 5 nitrogen and oxygen atoms in total. The van der Waals surface area contributed by atoms with Crippen molar-refractivity contribution < 1.29 is 9.59 Å². The maximum absolute atomic E-state index is 12.4. The number of nitrogens with one attached hydrogen (secondary N) is 2. The summed E-state index contributed by atoms with van der Waals surface area (Å²) in [5, 5.41) is 7.14. The maximum Gasteiger partial charge on any atom is 0.243 e. The van der Waals surface area contributed by atoms with Gasteiger partial charge >= 0.3 is 0 Å². The lowest BCUT2D eigenvalue weighted by Crippen LogP contribution is -2.29. The molecule has 1 fully saturated rings. The number of carbonyl (C=O) groups is 2. The molecule has 0 atom stereocenters. The molecular weight excluding hydrogens is 326 g/mol. The van der Waals surface area contributed by atoms with Crippen LogP contribution in [0.5, 0.6) is 0 Å². The third-order valence-corrected chi connectivity index (χ3v) is 5.42. The van der Waals surface area contributed by atoms with Gasteiger partial charge in [0.25, 0.3) is 0 Å². The number of anilines is 1. The molecule has 0 heterocycles. The molecule has 2 aliphatic carbocycles. The molecule has 2 N–H and O–H groups in total. The van der Waals surface area contributed by atoms with Crippen molar-refractivity contribution in [2.24, 2.45) is 11.0 Å². The van der Waals surface area contributed by atoms with Crippen molar-refractivity contribution in [2.45, 2.75) is 71.1 Å². The Labute approximate surface area is 155 Å². The van der Waals surface area contributed by atoms with Gasteiger partial charge in [0.15, 0.2) is 0 Å². The van der Waals surface area contributed by atoms with E-state index in [1.807, 2.05) is 12.1 Å². The van der Waals surface area contributed by atoms with E-state index in [9.17, 15) is 9.59 Å². The summed E-state index contributed by atoms with van der Waals surface area (Å²) in [4.78, 5) is 24.5. The van der Waals surface area contributed by atoms with Gasteiger partial charge in [-0.2, -0.15) is 5.10 Å². The third kappa shape index (κ3) is 4.93. The summed E-state index contributed by atoms with van der Waals surface area (Å²) in [6.07, 6.45) is 10.0. The Kier molecular flexibility index (Phi) is 6.42. The average molecular weight is 355 g/mol. The predicted molar refractivity (Wildman–Crippen MR) is 104 cm³/mol. The molecule has 0 bridgehead atoms. The molecule has 0 aromatic heterocycles. The molecule has 1 saturated carbocycles. The summed E-state index contributed by atoms with van der Waals surface area (Å²) in [5.41, 5.74) is 6.80. The molecule has 0 spiro atoms. The SMILES string of the molecule is CC(CC(=O)Nc1cccc2c1CCCC2)=NNC(=O)C1CCCCC1. The number of amides is 2. The van der Waals surface area contributed by atoms with Crippen molar-refractivity contribution in [3.63, 3.8) is 0 Å². The lowest BCUT2D eigenvalue weighted by Gasteiger charge is -2.20. The van der Waals surface area contributed by atoms with Gasteiger partial charge in [0.05, 0.1) is 6.42 Å². The molecule has 140 valence electrons. The second kappa shape index (κ2) is 8.97. The molecule has 5 heteroatoms. The van der Waals surface area contributed by atoms with Gasteiger partial charge in [-0.05, 0) is 62.6 Å². The van der Waals surface area contributed by atoms with Crippen molar-refractivity contribution in [2.75, 3.05) is 5.32 Å². The molecule has 0 saturated heterocycles. The van der Waals surface area contributed by atoms with Crippen LogP contribution in [0.15, 0.2) is 23.3 Å². The van der Waals surface area contributed by atoms with Crippen LogP contribution in [0.2, 0.25) is 0 Å². The summed E-state index contributed by atoms with van der Waals surface area (Å²) in [6, 6.07) is 6.13. The van der Waals surface area contributed by atoms with E-state index in [1.54, 1.807) is 6.92 Å². The number of carbonyl (C=O) groups excluding carboxylic acids is 2. The fraction of sp³-hybridized carbons (Fsp3) is 0.571. The minimum atomic E-state index is -0.0860. The normalized spacial score (nSPS) is 18.1. The van der Waals surface area contributed by atoms with E-state index < -0.39 is 0 Å². The topological polar surface area (TPSA) is 70.6 Å². The van der Waals surface area contributed by atoms with Gasteiger partial charge in [-0.25, -0.2) is 5.43 Å². The Hall–Kier alpha value is -2.17. The van der Waals surface area contributed by atoms with Crippen LogP contribution in [0.3, 0.4) is 0 Å². The first-order valence-corrected chi connectivity index (χ1v) is 9.87. The fourth-order valence-electron chi connectivity index (χ4n) is 3.97. The number of aryl methyl sites for hydroxylation is 1. The number of nitrogens with zero attached hydrogens (tertiary/aromatic N) is 1. The number of hydrogen-bond acceptors (Lipinski definition) is 3. The molecule has 26 heavy (non-hydrogen) atoms. The van der Waals surface area contributed by atoms with E-state index in [-0.39, 0.29) is 24.2 Å². The molecule has 1 aromatic carbocycles. The molecule has 3 rings (SSSR count). The van der Waals surface area contributed by atoms with Crippen molar-refractivity contribution in [3.8, 4) is 0 Å². The van der Waals surface area contributed by atoms with Crippen LogP contribution in [0.1, 0.15) is 69.4 Å². The average Bonchev–Trinajstić information content (AvgIpc) is 2.67. The van der Waals surface area contributed by atoms with Crippen LogP contribution < -0.4 is 10.7 Å².